The highest BCUT2D eigenvalue weighted by atomic mass is 16.1. The van der Waals surface area contributed by atoms with Gasteiger partial charge in [0.15, 0.2) is 0 Å². The van der Waals surface area contributed by atoms with Crippen LogP contribution < -0.4 is 0 Å². The third-order valence-corrected chi connectivity index (χ3v) is 5.99. The Labute approximate surface area is 170 Å². The van der Waals surface area contributed by atoms with Gasteiger partial charge in [-0.2, -0.15) is 0 Å². The molecule has 0 bridgehead atoms. The number of hydrogen-bond acceptors (Lipinski definition) is 2. The smallest absolute Gasteiger partial charge is 0.125 e. The number of carbonyl (C=O) groups is 1. The third-order valence-electron chi connectivity index (χ3n) is 5.99. The van der Waals surface area contributed by atoms with E-state index < -0.39 is 5.41 Å². The SMILES string of the molecule is O=CC1CC1c1cnc(C(c2ccccc2)(c2ccccc2)c2ccccc2)[nH]1. The van der Waals surface area contributed by atoms with Crippen LogP contribution in [0.1, 0.15) is 40.5 Å². The van der Waals surface area contributed by atoms with Crippen molar-refractivity contribution in [1.82, 2.24) is 9.97 Å². The van der Waals surface area contributed by atoms with Gasteiger partial charge < -0.3 is 9.78 Å². The molecule has 3 nitrogen and oxygen atoms in total. The first-order chi connectivity index (χ1) is 14.3. The van der Waals surface area contributed by atoms with Crippen molar-refractivity contribution in [3.05, 3.63) is 125 Å². The van der Waals surface area contributed by atoms with E-state index in [1.165, 1.54) is 0 Å². The molecule has 0 saturated heterocycles. The highest BCUT2D eigenvalue weighted by Crippen LogP contribution is 2.48. The fourth-order valence-corrected chi connectivity index (χ4v) is 4.41. The zero-order valence-corrected chi connectivity index (χ0v) is 16.0. The van der Waals surface area contributed by atoms with Crippen molar-refractivity contribution in [3.8, 4) is 0 Å². The number of aromatic nitrogens is 2. The molecule has 0 amide bonds. The quantitative estimate of drug-likeness (QED) is 0.375. The molecule has 1 saturated carbocycles. The molecular weight excluding hydrogens is 356 g/mol. The molecule has 1 fully saturated rings. The maximum Gasteiger partial charge on any atom is 0.125 e. The molecule has 1 N–H and O–H groups in total. The molecule has 3 aromatic carbocycles. The van der Waals surface area contributed by atoms with Crippen LogP contribution in [0, 0.1) is 5.92 Å². The number of nitrogens with one attached hydrogen (secondary N) is 1. The number of H-pyrrole nitrogens is 1. The summed E-state index contributed by atoms with van der Waals surface area (Å²) in [5.41, 5.74) is 3.94. The van der Waals surface area contributed by atoms with Crippen molar-refractivity contribution >= 4 is 6.29 Å². The maximum absolute atomic E-state index is 11.2. The lowest BCUT2D eigenvalue weighted by atomic mass is 9.69. The van der Waals surface area contributed by atoms with Crippen molar-refractivity contribution in [2.24, 2.45) is 5.92 Å². The van der Waals surface area contributed by atoms with E-state index in [-0.39, 0.29) is 11.8 Å². The van der Waals surface area contributed by atoms with E-state index in [0.29, 0.717) is 0 Å². The van der Waals surface area contributed by atoms with Crippen LogP contribution >= 0.6 is 0 Å². The second-order valence-electron chi connectivity index (χ2n) is 7.68. The summed E-state index contributed by atoms with van der Waals surface area (Å²) in [6.45, 7) is 0. The molecule has 0 aliphatic heterocycles. The van der Waals surface area contributed by atoms with Gasteiger partial charge in [0.05, 0.1) is 0 Å². The average molecular weight is 378 g/mol. The molecular formula is C26H22N2O. The average Bonchev–Trinajstić information content (AvgIpc) is 3.44. The molecule has 142 valence electrons. The minimum atomic E-state index is -0.562. The predicted molar refractivity (Wildman–Crippen MR) is 114 cm³/mol. The van der Waals surface area contributed by atoms with E-state index >= 15 is 0 Å². The first kappa shape index (κ1) is 17.6. The Morgan fingerprint density at radius 3 is 1.69 bits per heavy atom. The van der Waals surface area contributed by atoms with E-state index in [9.17, 15) is 4.79 Å². The lowest BCUT2D eigenvalue weighted by Crippen LogP contribution is -2.32. The molecule has 4 aromatic rings. The minimum absolute atomic E-state index is 0.114. The fraction of sp³-hybridized carbons (Fsp3) is 0.154. The summed E-state index contributed by atoms with van der Waals surface area (Å²) < 4.78 is 0. The normalized spacial score (nSPS) is 18.3. The Morgan fingerprint density at radius 2 is 1.28 bits per heavy atom. The molecule has 29 heavy (non-hydrogen) atoms. The van der Waals surface area contributed by atoms with Crippen molar-refractivity contribution in [2.75, 3.05) is 0 Å². The molecule has 1 aliphatic rings. The van der Waals surface area contributed by atoms with Crippen molar-refractivity contribution in [3.63, 3.8) is 0 Å². The number of hydrogen-bond donors (Lipinski definition) is 1. The van der Waals surface area contributed by atoms with Gasteiger partial charge in [-0.3, -0.25) is 0 Å². The van der Waals surface area contributed by atoms with E-state index in [4.69, 9.17) is 4.98 Å². The molecule has 2 unspecified atom stereocenters. The van der Waals surface area contributed by atoms with Crippen LogP contribution in [0.25, 0.3) is 0 Å². The Bertz CT molecular complexity index is 1010. The van der Waals surface area contributed by atoms with Gasteiger partial charge in [0, 0.05) is 23.7 Å². The predicted octanol–water partition coefficient (Wildman–Crippen LogP) is 5.09. The van der Waals surface area contributed by atoms with Crippen molar-refractivity contribution in [1.29, 1.82) is 0 Å². The molecule has 1 aliphatic carbocycles. The van der Waals surface area contributed by atoms with Gasteiger partial charge in [0.25, 0.3) is 0 Å². The van der Waals surface area contributed by atoms with Crippen LogP contribution in [-0.2, 0) is 10.2 Å². The van der Waals surface area contributed by atoms with Gasteiger partial charge >= 0.3 is 0 Å². The zero-order valence-electron chi connectivity index (χ0n) is 16.0. The first-order valence-electron chi connectivity index (χ1n) is 10.0. The number of benzene rings is 3. The topological polar surface area (TPSA) is 45.8 Å². The van der Waals surface area contributed by atoms with E-state index in [2.05, 4.69) is 77.8 Å². The van der Waals surface area contributed by atoms with Gasteiger partial charge in [-0.05, 0) is 23.1 Å². The number of rotatable bonds is 6. The molecule has 5 rings (SSSR count). The third kappa shape index (κ3) is 2.90. The summed E-state index contributed by atoms with van der Waals surface area (Å²) in [6, 6.07) is 31.5. The second kappa shape index (κ2) is 7.17. The van der Waals surface area contributed by atoms with Crippen LogP contribution in [0.5, 0.6) is 0 Å². The summed E-state index contributed by atoms with van der Waals surface area (Å²) in [7, 11) is 0. The molecule has 0 radical (unpaired) electrons. The molecule has 1 aromatic heterocycles. The lowest BCUT2D eigenvalue weighted by Gasteiger charge is -2.34. The molecule has 3 heteroatoms. The standard InChI is InChI=1S/C26H22N2O/c29-18-19-16-23(19)24-17-27-25(28-24)26(20-10-4-1-5-11-20,21-12-6-2-7-13-21)22-14-8-3-9-15-22/h1-15,17-19,23H,16H2,(H,27,28). The summed E-state index contributed by atoms with van der Waals surface area (Å²) in [6.07, 6.45) is 3.87. The summed E-state index contributed by atoms with van der Waals surface area (Å²) in [4.78, 5) is 19.7. The molecule has 2 atom stereocenters. The Kier molecular flexibility index (Phi) is 4.36. The number of aromatic amines is 1. The zero-order chi connectivity index (χ0) is 19.7. The summed E-state index contributed by atoms with van der Waals surface area (Å²) >= 11 is 0. The number of nitrogens with zero attached hydrogens (tertiary/aromatic N) is 1. The van der Waals surface area contributed by atoms with Gasteiger partial charge in [0.2, 0.25) is 0 Å². The van der Waals surface area contributed by atoms with Gasteiger partial charge in [-0.1, -0.05) is 91.0 Å². The van der Waals surface area contributed by atoms with Crippen molar-refractivity contribution < 1.29 is 4.79 Å². The first-order valence-corrected chi connectivity index (χ1v) is 10.0. The lowest BCUT2D eigenvalue weighted by molar-refractivity contribution is -0.108. The fourth-order valence-electron chi connectivity index (χ4n) is 4.41. The Balaban J connectivity index is 1.78. The molecule has 0 spiro atoms. The number of aldehydes is 1. The van der Waals surface area contributed by atoms with Crippen molar-refractivity contribution in [2.45, 2.75) is 17.8 Å². The monoisotopic (exact) mass is 378 g/mol. The summed E-state index contributed by atoms with van der Waals surface area (Å²) in [5, 5.41) is 0. The second-order valence-corrected chi connectivity index (χ2v) is 7.68. The number of carbonyl (C=O) groups excluding carboxylic acids is 1. The van der Waals surface area contributed by atoms with Gasteiger partial charge in [0.1, 0.15) is 17.5 Å². The van der Waals surface area contributed by atoms with E-state index in [1.54, 1.807) is 0 Å². The van der Waals surface area contributed by atoms with Crippen LogP contribution in [0.2, 0.25) is 0 Å². The van der Waals surface area contributed by atoms with Gasteiger partial charge in [-0.15, -0.1) is 0 Å². The summed E-state index contributed by atoms with van der Waals surface area (Å²) in [5.74, 6) is 1.25. The number of imidazole rings is 1. The highest BCUT2D eigenvalue weighted by molar-refractivity contribution is 5.61. The maximum atomic E-state index is 11.2. The van der Waals surface area contributed by atoms with Gasteiger partial charge in [-0.25, -0.2) is 4.98 Å². The van der Waals surface area contributed by atoms with Crippen LogP contribution in [0.3, 0.4) is 0 Å². The van der Waals surface area contributed by atoms with E-state index in [0.717, 1.165) is 40.9 Å². The van der Waals surface area contributed by atoms with E-state index in [1.807, 2.05) is 24.4 Å². The largest absolute Gasteiger partial charge is 0.344 e. The Hall–Kier alpha value is -3.46. The molecule has 1 heterocycles. The Morgan fingerprint density at radius 1 is 0.793 bits per heavy atom. The van der Waals surface area contributed by atoms with Crippen LogP contribution in [-0.4, -0.2) is 16.3 Å². The highest BCUT2D eigenvalue weighted by Gasteiger charge is 2.44. The van der Waals surface area contributed by atoms with Crippen LogP contribution in [0.15, 0.2) is 97.2 Å². The minimum Gasteiger partial charge on any atom is -0.344 e. The van der Waals surface area contributed by atoms with Crippen LogP contribution in [0.4, 0.5) is 0 Å².